The largest absolute Gasteiger partial charge is 0.479 e. The Morgan fingerprint density at radius 2 is 2.25 bits per heavy atom. The van der Waals surface area contributed by atoms with Crippen LogP contribution in [-0.4, -0.2) is 29.2 Å². The zero-order valence-corrected chi connectivity index (χ0v) is 6.22. The van der Waals surface area contributed by atoms with Crippen molar-refractivity contribution in [2.75, 3.05) is 6.61 Å². The van der Waals surface area contributed by atoms with Crippen LogP contribution in [0.2, 0.25) is 0 Å². The third kappa shape index (κ3) is 0.612. The molecular formula is C7H8F2O3. The van der Waals surface area contributed by atoms with Gasteiger partial charge in [-0.2, -0.15) is 0 Å². The molecule has 0 spiro atoms. The van der Waals surface area contributed by atoms with Gasteiger partial charge >= 0.3 is 5.97 Å². The monoisotopic (exact) mass is 178 g/mol. The molecule has 12 heavy (non-hydrogen) atoms. The van der Waals surface area contributed by atoms with Crippen LogP contribution in [0.3, 0.4) is 0 Å². The van der Waals surface area contributed by atoms with Gasteiger partial charge < -0.3 is 9.84 Å². The summed E-state index contributed by atoms with van der Waals surface area (Å²) in [5.41, 5.74) is -2.18. The van der Waals surface area contributed by atoms with Crippen molar-refractivity contribution in [1.29, 1.82) is 0 Å². The summed E-state index contributed by atoms with van der Waals surface area (Å²) in [7, 11) is 0. The van der Waals surface area contributed by atoms with Gasteiger partial charge in [0.25, 0.3) is 5.92 Å². The Kier molecular flexibility index (Phi) is 1.29. The van der Waals surface area contributed by atoms with Crippen molar-refractivity contribution in [3.8, 4) is 0 Å². The molecule has 1 aliphatic carbocycles. The lowest BCUT2D eigenvalue weighted by Gasteiger charge is -2.16. The number of carbonyl (C=O) groups is 1. The summed E-state index contributed by atoms with van der Waals surface area (Å²) in [4.78, 5) is 10.5. The van der Waals surface area contributed by atoms with Crippen LogP contribution in [-0.2, 0) is 9.53 Å². The molecule has 0 aromatic heterocycles. The molecule has 1 N–H and O–H groups in total. The van der Waals surface area contributed by atoms with E-state index in [1.54, 1.807) is 0 Å². The van der Waals surface area contributed by atoms with Crippen molar-refractivity contribution in [3.63, 3.8) is 0 Å². The maximum atomic E-state index is 12.9. The Bertz CT molecular complexity index is 241. The van der Waals surface area contributed by atoms with Gasteiger partial charge in [0.1, 0.15) is 0 Å². The Morgan fingerprint density at radius 3 is 2.67 bits per heavy atom. The van der Waals surface area contributed by atoms with Gasteiger partial charge in [0.05, 0.1) is 5.92 Å². The molecule has 2 rings (SSSR count). The van der Waals surface area contributed by atoms with E-state index in [4.69, 9.17) is 5.11 Å². The summed E-state index contributed by atoms with van der Waals surface area (Å²) in [6.07, 6.45) is 0.772. The molecule has 3 nitrogen and oxygen atoms in total. The molecule has 2 aliphatic rings. The lowest BCUT2D eigenvalue weighted by molar-refractivity contribution is -0.164. The first-order valence-corrected chi connectivity index (χ1v) is 3.78. The molecule has 68 valence electrons. The number of halogens is 2. The van der Waals surface area contributed by atoms with Gasteiger partial charge in [-0.25, -0.2) is 13.6 Å². The summed E-state index contributed by atoms with van der Waals surface area (Å²) in [6.45, 7) is 0.123. The number of carboxylic acid groups (broad SMARTS) is 1. The maximum Gasteiger partial charge on any atom is 0.342 e. The van der Waals surface area contributed by atoms with Crippen LogP contribution < -0.4 is 0 Å². The van der Waals surface area contributed by atoms with Crippen LogP contribution in [0.4, 0.5) is 8.78 Å². The van der Waals surface area contributed by atoms with E-state index in [1.165, 1.54) is 0 Å². The molecule has 1 saturated heterocycles. The molecule has 1 aliphatic heterocycles. The van der Waals surface area contributed by atoms with Crippen LogP contribution in [0, 0.1) is 5.92 Å². The van der Waals surface area contributed by atoms with Crippen molar-refractivity contribution in [2.45, 2.75) is 24.4 Å². The third-order valence-corrected chi connectivity index (χ3v) is 2.62. The second-order valence-electron chi connectivity index (χ2n) is 3.21. The smallest absolute Gasteiger partial charge is 0.342 e. The quantitative estimate of drug-likeness (QED) is 0.648. The number of hydrogen-bond acceptors (Lipinski definition) is 2. The van der Waals surface area contributed by atoms with E-state index in [0.29, 0.717) is 6.42 Å². The minimum absolute atomic E-state index is 0.123. The summed E-state index contributed by atoms with van der Waals surface area (Å²) >= 11 is 0. The molecule has 5 heteroatoms. The van der Waals surface area contributed by atoms with Gasteiger partial charge in [0.2, 0.25) is 5.60 Å². The van der Waals surface area contributed by atoms with E-state index in [0.717, 1.165) is 0 Å². The van der Waals surface area contributed by atoms with Crippen LogP contribution in [0.5, 0.6) is 0 Å². The van der Waals surface area contributed by atoms with Crippen molar-refractivity contribution in [3.05, 3.63) is 0 Å². The molecular weight excluding hydrogens is 170 g/mol. The number of rotatable bonds is 1. The second-order valence-corrected chi connectivity index (χ2v) is 3.21. The van der Waals surface area contributed by atoms with Gasteiger partial charge in [-0.05, 0) is 12.8 Å². The Balaban J connectivity index is 2.30. The fourth-order valence-corrected chi connectivity index (χ4v) is 1.90. The fourth-order valence-electron chi connectivity index (χ4n) is 1.90. The average Bonchev–Trinajstić information content (AvgIpc) is 2.52. The van der Waals surface area contributed by atoms with Crippen molar-refractivity contribution in [2.24, 2.45) is 5.92 Å². The highest BCUT2D eigenvalue weighted by molar-refractivity contribution is 5.85. The zero-order valence-electron chi connectivity index (χ0n) is 6.22. The number of carboxylic acids is 1. The summed E-state index contributed by atoms with van der Waals surface area (Å²) in [5.74, 6) is -5.79. The summed E-state index contributed by atoms with van der Waals surface area (Å²) in [6, 6.07) is 0. The summed E-state index contributed by atoms with van der Waals surface area (Å²) < 4.78 is 30.5. The summed E-state index contributed by atoms with van der Waals surface area (Å²) in [5, 5.41) is 8.57. The van der Waals surface area contributed by atoms with Crippen molar-refractivity contribution in [1.82, 2.24) is 0 Å². The highest BCUT2D eigenvalue weighted by atomic mass is 19.3. The van der Waals surface area contributed by atoms with Gasteiger partial charge in [0, 0.05) is 6.61 Å². The SMILES string of the molecule is O=C(O)[C@]12OCCC[C@H]1C2(F)F. The third-order valence-electron chi connectivity index (χ3n) is 2.62. The molecule has 0 unspecified atom stereocenters. The Labute approximate surface area is 67.3 Å². The van der Waals surface area contributed by atoms with E-state index >= 15 is 0 Å². The van der Waals surface area contributed by atoms with E-state index in [9.17, 15) is 13.6 Å². The standard InChI is InChI=1S/C7H8F2O3/c8-7(9)4-2-1-3-12-6(4,7)5(10)11/h4H,1-3H2,(H,10,11)/t4-,6-/m1/s1. The van der Waals surface area contributed by atoms with Crippen molar-refractivity contribution < 1.29 is 23.4 Å². The molecule has 0 amide bonds. The molecule has 0 aromatic carbocycles. The second kappa shape index (κ2) is 1.96. The van der Waals surface area contributed by atoms with Crippen LogP contribution in [0.15, 0.2) is 0 Å². The van der Waals surface area contributed by atoms with Crippen LogP contribution >= 0.6 is 0 Å². The minimum atomic E-state index is -3.16. The predicted molar refractivity (Wildman–Crippen MR) is 34.0 cm³/mol. The van der Waals surface area contributed by atoms with Gasteiger partial charge in [-0.15, -0.1) is 0 Å². The van der Waals surface area contributed by atoms with Crippen molar-refractivity contribution >= 4 is 5.97 Å². The average molecular weight is 178 g/mol. The van der Waals surface area contributed by atoms with Crippen LogP contribution in [0.1, 0.15) is 12.8 Å². The first-order chi connectivity index (χ1) is 5.53. The molecule has 2 fully saturated rings. The van der Waals surface area contributed by atoms with Gasteiger partial charge in [-0.1, -0.05) is 0 Å². The Morgan fingerprint density at radius 1 is 1.58 bits per heavy atom. The normalized spacial score (nSPS) is 43.3. The predicted octanol–water partition coefficient (Wildman–Crippen LogP) is 0.885. The number of hydrogen-bond donors (Lipinski definition) is 1. The fraction of sp³-hybridized carbons (Fsp3) is 0.857. The molecule has 1 saturated carbocycles. The number of aliphatic carboxylic acids is 1. The lowest BCUT2D eigenvalue weighted by Crippen LogP contribution is -2.35. The van der Waals surface area contributed by atoms with E-state index < -0.39 is 23.4 Å². The number of fused-ring (bicyclic) bond motifs is 1. The molecule has 2 atom stereocenters. The molecule has 0 bridgehead atoms. The zero-order chi connectivity index (χ0) is 8.98. The maximum absolute atomic E-state index is 12.9. The highest BCUT2D eigenvalue weighted by Gasteiger charge is 2.87. The van der Waals surface area contributed by atoms with Gasteiger partial charge in [-0.3, -0.25) is 0 Å². The van der Waals surface area contributed by atoms with E-state index in [1.807, 2.05) is 0 Å². The topological polar surface area (TPSA) is 46.5 Å². The van der Waals surface area contributed by atoms with E-state index in [2.05, 4.69) is 4.74 Å². The minimum Gasteiger partial charge on any atom is -0.479 e. The number of ether oxygens (including phenoxy) is 1. The first-order valence-electron chi connectivity index (χ1n) is 3.78. The lowest BCUT2D eigenvalue weighted by atomic mass is 10.1. The highest BCUT2D eigenvalue weighted by Crippen LogP contribution is 2.64. The Hall–Kier alpha value is -0.710. The first kappa shape index (κ1) is 7.91. The number of alkyl halides is 2. The van der Waals surface area contributed by atoms with E-state index in [-0.39, 0.29) is 13.0 Å². The van der Waals surface area contributed by atoms with Gasteiger partial charge in [0.15, 0.2) is 0 Å². The molecule has 0 radical (unpaired) electrons. The molecule has 1 heterocycles. The molecule has 0 aromatic rings. The van der Waals surface area contributed by atoms with Crippen LogP contribution in [0.25, 0.3) is 0 Å².